The van der Waals surface area contributed by atoms with Crippen molar-refractivity contribution in [3.63, 3.8) is 0 Å². The lowest BCUT2D eigenvalue weighted by Crippen LogP contribution is -2.16. The predicted octanol–water partition coefficient (Wildman–Crippen LogP) is 16.7. The van der Waals surface area contributed by atoms with E-state index in [0.29, 0.717) is 0 Å². The molecule has 12 rings (SSSR count). The van der Waals surface area contributed by atoms with Gasteiger partial charge >= 0.3 is 0 Å². The van der Waals surface area contributed by atoms with Gasteiger partial charge in [-0.15, -0.1) is 0 Å². The van der Waals surface area contributed by atoms with Gasteiger partial charge in [0, 0.05) is 38.6 Å². The molecule has 0 N–H and O–H groups in total. The van der Waals surface area contributed by atoms with Crippen LogP contribution in [0.5, 0.6) is 0 Å². The molecule has 1 heterocycles. The fourth-order valence-corrected chi connectivity index (χ4v) is 10.2. The number of nitrogens with zero attached hydrogens (tertiary/aromatic N) is 2. The third kappa shape index (κ3) is 6.09. The first-order valence-corrected chi connectivity index (χ1v) is 21.9. The van der Waals surface area contributed by atoms with Crippen LogP contribution in [0.15, 0.2) is 231 Å². The van der Waals surface area contributed by atoms with Gasteiger partial charge in [-0.25, -0.2) is 0 Å². The molecule has 0 unspecified atom stereocenters. The zero-order valence-corrected chi connectivity index (χ0v) is 35.3. The third-order valence-electron chi connectivity index (χ3n) is 13.4. The van der Waals surface area contributed by atoms with Crippen molar-refractivity contribution in [1.82, 2.24) is 4.57 Å². The van der Waals surface area contributed by atoms with Crippen LogP contribution in [0.1, 0.15) is 25.0 Å². The lowest BCUT2D eigenvalue weighted by molar-refractivity contribution is 0.660. The summed E-state index contributed by atoms with van der Waals surface area (Å²) in [5.74, 6) is 0. The van der Waals surface area contributed by atoms with Crippen LogP contribution < -0.4 is 4.90 Å². The van der Waals surface area contributed by atoms with Crippen LogP contribution in [0, 0.1) is 0 Å². The summed E-state index contributed by atoms with van der Waals surface area (Å²) < 4.78 is 2.40. The van der Waals surface area contributed by atoms with Crippen molar-refractivity contribution in [1.29, 1.82) is 0 Å². The Morgan fingerprint density at radius 1 is 0.349 bits per heavy atom. The monoisotopic (exact) mass is 804 g/mol. The summed E-state index contributed by atoms with van der Waals surface area (Å²) in [4.78, 5) is 2.45. The summed E-state index contributed by atoms with van der Waals surface area (Å²) in [7, 11) is 0. The molecule has 1 aromatic heterocycles. The third-order valence-corrected chi connectivity index (χ3v) is 13.4. The fraction of sp³-hybridized carbons (Fsp3) is 0.0492. The molecule has 11 aromatic rings. The van der Waals surface area contributed by atoms with E-state index in [0.717, 1.165) is 22.7 Å². The largest absolute Gasteiger partial charge is 0.310 e. The Morgan fingerprint density at radius 2 is 0.921 bits per heavy atom. The van der Waals surface area contributed by atoms with E-state index in [2.05, 4.69) is 254 Å². The van der Waals surface area contributed by atoms with Gasteiger partial charge in [0.2, 0.25) is 0 Å². The summed E-state index contributed by atoms with van der Waals surface area (Å²) in [6.07, 6.45) is 0. The fourth-order valence-electron chi connectivity index (χ4n) is 10.2. The van der Waals surface area contributed by atoms with E-state index in [1.165, 1.54) is 88.2 Å². The van der Waals surface area contributed by atoms with E-state index in [9.17, 15) is 0 Å². The highest BCUT2D eigenvalue weighted by Gasteiger charge is 2.36. The Balaban J connectivity index is 0.943. The number of para-hydroxylation sites is 1. The van der Waals surface area contributed by atoms with Crippen molar-refractivity contribution in [3.05, 3.63) is 242 Å². The first-order chi connectivity index (χ1) is 31.0. The lowest BCUT2D eigenvalue weighted by Gasteiger charge is -2.29. The average molecular weight is 805 g/mol. The van der Waals surface area contributed by atoms with Crippen LogP contribution in [0.2, 0.25) is 0 Å². The molecule has 0 atom stereocenters. The maximum absolute atomic E-state index is 2.45. The van der Waals surface area contributed by atoms with Gasteiger partial charge in [0.25, 0.3) is 0 Å². The standard InChI is InChI=1S/C61H44N2/c1-61(2)56-26-10-8-24-52(56)53-35-34-50(40-57(53)61)62(58-28-14-18-43-17-6-7-23-51(43)58)49-22-13-21-46(38-49)44-19-12-20-45(37-44)47-31-36-60-55(39-47)54-25-9-11-27-59(54)63(60)48-32-29-42(30-33-48)41-15-4-3-5-16-41/h3-40H,1-2H3. The van der Waals surface area contributed by atoms with Crippen LogP contribution in [-0.2, 0) is 5.41 Å². The Bertz CT molecular complexity index is 3530. The van der Waals surface area contributed by atoms with Crippen LogP contribution in [-0.4, -0.2) is 4.57 Å². The predicted molar refractivity (Wildman–Crippen MR) is 267 cm³/mol. The highest BCUT2D eigenvalue weighted by Crippen LogP contribution is 2.51. The molecule has 1 aliphatic carbocycles. The van der Waals surface area contributed by atoms with Gasteiger partial charge in [-0.2, -0.15) is 0 Å². The Labute approximate surface area is 368 Å². The molecule has 298 valence electrons. The molecule has 2 heteroatoms. The second-order valence-electron chi connectivity index (χ2n) is 17.4. The van der Waals surface area contributed by atoms with Gasteiger partial charge in [-0.3, -0.25) is 0 Å². The minimum absolute atomic E-state index is 0.110. The molecule has 0 aliphatic heterocycles. The molecule has 0 amide bonds. The number of anilines is 3. The van der Waals surface area contributed by atoms with Crippen molar-refractivity contribution in [2.24, 2.45) is 0 Å². The highest BCUT2D eigenvalue weighted by atomic mass is 15.1. The molecule has 0 fully saturated rings. The Morgan fingerprint density at radius 3 is 1.76 bits per heavy atom. The van der Waals surface area contributed by atoms with Crippen molar-refractivity contribution < 1.29 is 0 Å². The highest BCUT2D eigenvalue weighted by molar-refractivity contribution is 6.10. The van der Waals surface area contributed by atoms with E-state index >= 15 is 0 Å². The second kappa shape index (κ2) is 14.6. The zero-order chi connectivity index (χ0) is 42.1. The topological polar surface area (TPSA) is 8.17 Å². The SMILES string of the molecule is CC1(C)c2ccccc2-c2ccc(N(c3cccc(-c4cccc(-c5ccc6c(c5)c5ccccc5n6-c5ccc(-c6ccccc6)cc5)c4)c3)c3cccc4ccccc34)cc21. The number of rotatable bonds is 7. The van der Waals surface area contributed by atoms with Gasteiger partial charge in [-0.1, -0.05) is 178 Å². The number of fused-ring (bicyclic) bond motifs is 7. The molecule has 0 bridgehead atoms. The van der Waals surface area contributed by atoms with Crippen LogP contribution in [0.25, 0.3) is 82.8 Å². The molecular weight excluding hydrogens is 761 g/mol. The molecule has 2 nitrogen and oxygen atoms in total. The van der Waals surface area contributed by atoms with Crippen molar-refractivity contribution in [3.8, 4) is 50.2 Å². The van der Waals surface area contributed by atoms with Gasteiger partial charge in [0.15, 0.2) is 0 Å². The van der Waals surface area contributed by atoms with E-state index in [4.69, 9.17) is 0 Å². The summed E-state index contributed by atoms with van der Waals surface area (Å²) in [6.45, 7) is 4.72. The van der Waals surface area contributed by atoms with Crippen LogP contribution in [0.3, 0.4) is 0 Å². The Hall–Kier alpha value is -7.94. The van der Waals surface area contributed by atoms with E-state index in [-0.39, 0.29) is 5.41 Å². The van der Waals surface area contributed by atoms with Gasteiger partial charge in [-0.05, 0) is 128 Å². The normalized spacial score (nSPS) is 12.7. The Kier molecular flexibility index (Phi) is 8.55. The number of hydrogen-bond acceptors (Lipinski definition) is 1. The first-order valence-electron chi connectivity index (χ1n) is 21.9. The van der Waals surface area contributed by atoms with E-state index in [1.807, 2.05) is 0 Å². The summed E-state index contributed by atoms with van der Waals surface area (Å²) in [5, 5.41) is 4.93. The van der Waals surface area contributed by atoms with Crippen molar-refractivity contribution in [2.45, 2.75) is 19.3 Å². The van der Waals surface area contributed by atoms with Gasteiger partial charge in [0.05, 0.1) is 16.7 Å². The molecule has 0 spiro atoms. The maximum atomic E-state index is 2.45. The molecule has 0 saturated heterocycles. The zero-order valence-electron chi connectivity index (χ0n) is 35.3. The van der Waals surface area contributed by atoms with Crippen molar-refractivity contribution >= 4 is 49.6 Å². The number of hydrogen-bond donors (Lipinski definition) is 0. The molecule has 0 radical (unpaired) electrons. The first kappa shape index (κ1) is 36.9. The van der Waals surface area contributed by atoms with Crippen molar-refractivity contribution in [2.75, 3.05) is 4.90 Å². The minimum atomic E-state index is -0.110. The summed E-state index contributed by atoms with van der Waals surface area (Å²) in [5.41, 5.74) is 19.4. The quantitative estimate of drug-likeness (QED) is 0.156. The van der Waals surface area contributed by atoms with Gasteiger partial charge in [0.1, 0.15) is 0 Å². The summed E-state index contributed by atoms with van der Waals surface area (Å²) >= 11 is 0. The maximum Gasteiger partial charge on any atom is 0.0541 e. The smallest absolute Gasteiger partial charge is 0.0541 e. The lowest BCUT2D eigenvalue weighted by atomic mass is 9.82. The van der Waals surface area contributed by atoms with Gasteiger partial charge < -0.3 is 9.47 Å². The number of aromatic nitrogens is 1. The second-order valence-corrected chi connectivity index (χ2v) is 17.4. The van der Waals surface area contributed by atoms with Crippen LogP contribution in [0.4, 0.5) is 17.1 Å². The number of benzene rings is 10. The molecule has 63 heavy (non-hydrogen) atoms. The minimum Gasteiger partial charge on any atom is -0.310 e. The van der Waals surface area contributed by atoms with Crippen LogP contribution >= 0.6 is 0 Å². The average Bonchev–Trinajstić information content (AvgIpc) is 3.79. The molecule has 10 aromatic carbocycles. The van der Waals surface area contributed by atoms with E-state index < -0.39 is 0 Å². The molecular formula is C61H44N2. The molecule has 1 aliphatic rings. The molecule has 0 saturated carbocycles. The van der Waals surface area contributed by atoms with E-state index in [1.54, 1.807) is 0 Å². The summed E-state index contributed by atoms with van der Waals surface area (Å²) in [6, 6.07) is 84.6.